The van der Waals surface area contributed by atoms with Crippen molar-refractivity contribution in [3.8, 4) is 0 Å². The molecule has 0 spiro atoms. The van der Waals surface area contributed by atoms with E-state index in [1.165, 1.54) is 21.9 Å². The fourth-order valence-electron chi connectivity index (χ4n) is 1.98. The van der Waals surface area contributed by atoms with Crippen molar-refractivity contribution in [1.29, 1.82) is 0 Å². The van der Waals surface area contributed by atoms with Crippen LogP contribution in [0.25, 0.3) is 0 Å². The van der Waals surface area contributed by atoms with Crippen molar-refractivity contribution in [2.45, 2.75) is 6.04 Å². The van der Waals surface area contributed by atoms with E-state index >= 15 is 0 Å². The zero-order chi connectivity index (χ0) is 15.2. The molecule has 1 heterocycles. The van der Waals surface area contributed by atoms with Crippen molar-refractivity contribution in [3.63, 3.8) is 0 Å². The van der Waals surface area contributed by atoms with Crippen LogP contribution in [0, 0.1) is 5.82 Å². The summed E-state index contributed by atoms with van der Waals surface area (Å²) in [4.78, 5) is 2.67. The van der Waals surface area contributed by atoms with Crippen molar-refractivity contribution in [3.05, 3.63) is 52.5 Å². The summed E-state index contributed by atoms with van der Waals surface area (Å²) in [7, 11) is 4.25. The largest absolute Gasteiger partial charge is 0.356 e. The second-order valence-electron chi connectivity index (χ2n) is 4.99. The third-order valence-electron chi connectivity index (χ3n) is 3.15. The molecule has 0 amide bonds. The van der Waals surface area contributed by atoms with Gasteiger partial charge in [-0.1, -0.05) is 6.07 Å². The van der Waals surface area contributed by atoms with E-state index in [1.807, 2.05) is 0 Å². The molecule has 1 aromatic carbocycles. The molecule has 1 atom stereocenters. The van der Waals surface area contributed by atoms with Gasteiger partial charge in [-0.25, -0.2) is 4.39 Å². The lowest BCUT2D eigenvalue weighted by Gasteiger charge is -2.21. The number of nitrogens with one attached hydrogen (secondary N) is 3. The van der Waals surface area contributed by atoms with E-state index in [-0.39, 0.29) is 5.82 Å². The minimum absolute atomic E-state index is 0.256. The standard InChI is InChI=1S/C15H18FN3S2/c1-19(2)13(14-4-3-9-21-14)10-17-15(20)18-12-7-5-11(16)6-8-12/h3-9,13H,10H2,1-2H3,(H2,17,18,20)/p+1/t13-/m1/s1. The molecular formula is C15H19FN3S2+. The van der Waals surface area contributed by atoms with Gasteiger partial charge < -0.3 is 15.5 Å². The molecular weight excluding hydrogens is 305 g/mol. The average Bonchev–Trinajstić information content (AvgIpc) is 2.95. The number of likely N-dealkylation sites (N-methyl/N-ethyl adjacent to an activating group) is 1. The van der Waals surface area contributed by atoms with E-state index in [9.17, 15) is 4.39 Å². The Balaban J connectivity index is 1.89. The van der Waals surface area contributed by atoms with Crippen molar-refractivity contribution in [2.24, 2.45) is 0 Å². The lowest BCUT2D eigenvalue weighted by atomic mass is 10.2. The van der Waals surface area contributed by atoms with Crippen LogP contribution in [0.5, 0.6) is 0 Å². The molecule has 0 fully saturated rings. The number of halogens is 1. The highest BCUT2D eigenvalue weighted by atomic mass is 32.1. The first kappa shape index (κ1) is 15.9. The van der Waals surface area contributed by atoms with Crippen LogP contribution < -0.4 is 15.5 Å². The molecule has 0 aliphatic heterocycles. The molecule has 0 aliphatic rings. The number of hydrogen-bond donors (Lipinski definition) is 3. The van der Waals surface area contributed by atoms with E-state index in [1.54, 1.807) is 23.5 Å². The first-order chi connectivity index (χ1) is 10.1. The molecule has 1 aromatic heterocycles. The van der Waals surface area contributed by atoms with Crippen molar-refractivity contribution < 1.29 is 9.29 Å². The molecule has 6 heteroatoms. The maximum absolute atomic E-state index is 12.8. The summed E-state index contributed by atoms with van der Waals surface area (Å²) in [6.45, 7) is 0.746. The molecule has 112 valence electrons. The van der Waals surface area contributed by atoms with Gasteiger partial charge in [0.2, 0.25) is 0 Å². The number of hydrogen-bond acceptors (Lipinski definition) is 2. The smallest absolute Gasteiger partial charge is 0.171 e. The van der Waals surface area contributed by atoms with Crippen molar-refractivity contribution in [2.75, 3.05) is 26.0 Å². The maximum Gasteiger partial charge on any atom is 0.171 e. The quantitative estimate of drug-likeness (QED) is 0.735. The Hall–Kier alpha value is -1.50. The lowest BCUT2D eigenvalue weighted by Crippen LogP contribution is -3.06. The summed E-state index contributed by atoms with van der Waals surface area (Å²) in [5, 5.41) is 8.91. The first-order valence-corrected chi connectivity index (χ1v) is 7.99. The number of benzene rings is 1. The summed E-state index contributed by atoms with van der Waals surface area (Å²) in [6.07, 6.45) is 0. The topological polar surface area (TPSA) is 28.5 Å². The minimum Gasteiger partial charge on any atom is -0.356 e. The molecule has 0 radical (unpaired) electrons. The van der Waals surface area contributed by atoms with Crippen LogP contribution in [0.4, 0.5) is 10.1 Å². The molecule has 0 bridgehead atoms. The molecule has 2 aromatic rings. The Bertz CT molecular complexity index is 567. The van der Waals surface area contributed by atoms with Gasteiger partial charge in [0.25, 0.3) is 0 Å². The highest BCUT2D eigenvalue weighted by molar-refractivity contribution is 7.80. The highest BCUT2D eigenvalue weighted by Gasteiger charge is 2.18. The second kappa shape index (κ2) is 7.49. The number of thiocarbonyl (C=S) groups is 1. The number of quaternary nitrogens is 1. The fraction of sp³-hybridized carbons (Fsp3) is 0.267. The van der Waals surface area contributed by atoms with Gasteiger partial charge in [0.05, 0.1) is 25.5 Å². The Kier molecular flexibility index (Phi) is 5.67. The third kappa shape index (κ3) is 4.77. The summed E-state index contributed by atoms with van der Waals surface area (Å²) >= 11 is 7.03. The van der Waals surface area contributed by atoms with Gasteiger partial charge in [0.1, 0.15) is 11.9 Å². The Morgan fingerprint density at radius 2 is 2.00 bits per heavy atom. The number of thiophene rings is 1. The van der Waals surface area contributed by atoms with Gasteiger partial charge in [-0.3, -0.25) is 0 Å². The molecule has 0 saturated carbocycles. The Morgan fingerprint density at radius 3 is 2.57 bits per heavy atom. The molecule has 21 heavy (non-hydrogen) atoms. The normalized spacial score (nSPS) is 12.2. The first-order valence-electron chi connectivity index (χ1n) is 6.70. The Labute approximate surface area is 133 Å². The summed E-state index contributed by atoms with van der Waals surface area (Å²) in [5.41, 5.74) is 0.777. The van der Waals surface area contributed by atoms with Crippen LogP contribution in [0.1, 0.15) is 10.9 Å². The molecule has 0 aliphatic carbocycles. The van der Waals surface area contributed by atoms with Crippen LogP contribution >= 0.6 is 23.6 Å². The number of rotatable bonds is 5. The lowest BCUT2D eigenvalue weighted by molar-refractivity contribution is -0.890. The number of anilines is 1. The van der Waals surface area contributed by atoms with Crippen LogP contribution in [-0.4, -0.2) is 25.8 Å². The van der Waals surface area contributed by atoms with E-state index in [0.29, 0.717) is 11.2 Å². The molecule has 3 N–H and O–H groups in total. The predicted molar refractivity (Wildman–Crippen MR) is 90.5 cm³/mol. The second-order valence-corrected chi connectivity index (χ2v) is 6.37. The zero-order valence-electron chi connectivity index (χ0n) is 12.0. The van der Waals surface area contributed by atoms with Crippen LogP contribution in [0.3, 0.4) is 0 Å². The maximum atomic E-state index is 12.8. The van der Waals surface area contributed by atoms with Gasteiger partial charge in [-0.05, 0) is 47.9 Å². The van der Waals surface area contributed by atoms with E-state index < -0.39 is 0 Å². The molecule has 0 saturated heterocycles. The summed E-state index contributed by atoms with van der Waals surface area (Å²) < 4.78 is 12.8. The fourth-order valence-corrected chi connectivity index (χ4v) is 3.14. The van der Waals surface area contributed by atoms with Gasteiger partial charge in [-0.15, -0.1) is 11.3 Å². The van der Waals surface area contributed by atoms with Crippen molar-refractivity contribution in [1.82, 2.24) is 5.32 Å². The summed E-state index contributed by atoms with van der Waals surface area (Å²) in [6, 6.07) is 10.7. The van der Waals surface area contributed by atoms with E-state index in [4.69, 9.17) is 12.2 Å². The Morgan fingerprint density at radius 1 is 1.29 bits per heavy atom. The van der Waals surface area contributed by atoms with Gasteiger partial charge in [0.15, 0.2) is 5.11 Å². The highest BCUT2D eigenvalue weighted by Crippen LogP contribution is 2.15. The predicted octanol–water partition coefficient (Wildman–Crippen LogP) is 2.06. The van der Waals surface area contributed by atoms with Crippen molar-refractivity contribution >= 4 is 34.4 Å². The van der Waals surface area contributed by atoms with Crippen LogP contribution in [0.2, 0.25) is 0 Å². The van der Waals surface area contributed by atoms with Gasteiger partial charge in [-0.2, -0.15) is 0 Å². The van der Waals surface area contributed by atoms with Gasteiger partial charge >= 0.3 is 0 Å². The molecule has 3 nitrogen and oxygen atoms in total. The minimum atomic E-state index is -0.256. The van der Waals surface area contributed by atoms with Gasteiger partial charge in [0, 0.05) is 5.69 Å². The third-order valence-corrected chi connectivity index (χ3v) is 4.38. The summed E-state index contributed by atoms with van der Waals surface area (Å²) in [5.74, 6) is -0.256. The SMILES string of the molecule is C[NH+](C)[C@H](CNC(=S)Nc1ccc(F)cc1)c1cccs1. The van der Waals surface area contributed by atoms with E-state index in [0.717, 1.165) is 12.2 Å². The zero-order valence-corrected chi connectivity index (χ0v) is 13.7. The van der Waals surface area contributed by atoms with E-state index in [2.05, 4.69) is 42.2 Å². The van der Waals surface area contributed by atoms with Crippen LogP contribution in [-0.2, 0) is 0 Å². The average molecular weight is 324 g/mol. The monoisotopic (exact) mass is 324 g/mol. The molecule has 0 unspecified atom stereocenters. The molecule has 2 rings (SSSR count). The van der Waals surface area contributed by atoms with Crippen LogP contribution in [0.15, 0.2) is 41.8 Å².